The van der Waals surface area contributed by atoms with Crippen molar-refractivity contribution in [2.45, 2.75) is 270 Å². The Morgan fingerprint density at radius 3 is 0.940 bits per heavy atom. The third kappa shape index (κ3) is 41.8. The number of unbranched alkanes of at least 4 members (excludes halogenated alkanes) is 36. The number of hydrogen-bond acceptors (Lipinski definition) is 4. The second kappa shape index (κ2) is 44.6. The first-order valence-corrected chi connectivity index (χ1v) is 23.1. The van der Waals surface area contributed by atoms with Crippen molar-refractivity contribution in [1.29, 1.82) is 0 Å². The fourth-order valence-electron chi connectivity index (χ4n) is 7.21. The van der Waals surface area contributed by atoms with E-state index in [9.17, 15) is 9.90 Å². The highest BCUT2D eigenvalue weighted by molar-refractivity contribution is 5.69. The molecule has 0 rings (SSSR count). The fourth-order valence-corrected chi connectivity index (χ4v) is 7.21. The molecular formula is C46H92O4. The molecule has 0 aliphatic carbocycles. The van der Waals surface area contributed by atoms with Crippen LogP contribution < -0.4 is 0 Å². The van der Waals surface area contributed by atoms with E-state index in [1.165, 1.54) is 225 Å². The van der Waals surface area contributed by atoms with E-state index in [0.717, 1.165) is 19.3 Å². The van der Waals surface area contributed by atoms with Gasteiger partial charge in [-0.2, -0.15) is 0 Å². The first kappa shape index (κ1) is 49.4. The maximum atomic E-state index is 12.2. The van der Waals surface area contributed by atoms with E-state index in [1.54, 1.807) is 0 Å². The van der Waals surface area contributed by atoms with E-state index in [4.69, 9.17) is 9.47 Å². The molecule has 1 N–H and O–H groups in total. The SMILES string of the molecule is CCCCCCCCCCCCCCCCCCCCCCCCCC(=O)OC(CO)COCCCCCCCCCCCCCCCCC. The summed E-state index contributed by atoms with van der Waals surface area (Å²) in [5.41, 5.74) is 0. The lowest BCUT2D eigenvalue weighted by Gasteiger charge is -2.16. The Labute approximate surface area is 314 Å². The number of aliphatic hydroxyl groups excluding tert-OH is 1. The van der Waals surface area contributed by atoms with E-state index in [-0.39, 0.29) is 12.6 Å². The number of carbonyl (C=O) groups excluding carboxylic acids is 1. The van der Waals surface area contributed by atoms with Gasteiger partial charge in [-0.3, -0.25) is 4.79 Å². The Morgan fingerprint density at radius 2 is 0.660 bits per heavy atom. The number of esters is 1. The largest absolute Gasteiger partial charge is 0.457 e. The van der Waals surface area contributed by atoms with Gasteiger partial charge in [-0.25, -0.2) is 0 Å². The van der Waals surface area contributed by atoms with Crippen molar-refractivity contribution in [2.75, 3.05) is 19.8 Å². The average Bonchev–Trinajstić information content (AvgIpc) is 3.12. The van der Waals surface area contributed by atoms with Crippen molar-refractivity contribution in [1.82, 2.24) is 0 Å². The topological polar surface area (TPSA) is 55.8 Å². The molecule has 0 aliphatic rings. The minimum Gasteiger partial charge on any atom is -0.457 e. The van der Waals surface area contributed by atoms with Crippen LogP contribution in [-0.2, 0) is 14.3 Å². The molecule has 0 amide bonds. The van der Waals surface area contributed by atoms with Crippen LogP contribution in [0, 0.1) is 0 Å². The van der Waals surface area contributed by atoms with E-state index in [0.29, 0.717) is 19.6 Å². The van der Waals surface area contributed by atoms with Crippen LogP contribution >= 0.6 is 0 Å². The highest BCUT2D eigenvalue weighted by Crippen LogP contribution is 2.17. The lowest BCUT2D eigenvalue weighted by molar-refractivity contribution is -0.154. The lowest BCUT2D eigenvalue weighted by atomic mass is 10.0. The first-order valence-electron chi connectivity index (χ1n) is 23.1. The zero-order valence-corrected chi connectivity index (χ0v) is 34.4. The second-order valence-electron chi connectivity index (χ2n) is 15.8. The molecule has 0 bridgehead atoms. The van der Waals surface area contributed by atoms with Crippen LogP contribution in [0.2, 0.25) is 0 Å². The lowest BCUT2D eigenvalue weighted by Crippen LogP contribution is -2.27. The third-order valence-electron chi connectivity index (χ3n) is 10.7. The molecule has 0 saturated heterocycles. The molecule has 1 atom stereocenters. The fraction of sp³-hybridized carbons (Fsp3) is 0.978. The van der Waals surface area contributed by atoms with Gasteiger partial charge >= 0.3 is 5.97 Å². The molecule has 4 nitrogen and oxygen atoms in total. The molecule has 50 heavy (non-hydrogen) atoms. The predicted octanol–water partition coefficient (Wildman–Crippen LogP) is 15.2. The van der Waals surface area contributed by atoms with Gasteiger partial charge in [0.25, 0.3) is 0 Å². The molecule has 0 aromatic heterocycles. The second-order valence-corrected chi connectivity index (χ2v) is 15.8. The van der Waals surface area contributed by atoms with Crippen LogP contribution in [0.15, 0.2) is 0 Å². The maximum Gasteiger partial charge on any atom is 0.306 e. The van der Waals surface area contributed by atoms with Crippen molar-refractivity contribution in [3.05, 3.63) is 0 Å². The van der Waals surface area contributed by atoms with Gasteiger partial charge < -0.3 is 14.6 Å². The van der Waals surface area contributed by atoms with Gasteiger partial charge in [0, 0.05) is 13.0 Å². The smallest absolute Gasteiger partial charge is 0.306 e. The third-order valence-corrected chi connectivity index (χ3v) is 10.7. The summed E-state index contributed by atoms with van der Waals surface area (Å²) >= 11 is 0. The van der Waals surface area contributed by atoms with Crippen LogP contribution in [0.25, 0.3) is 0 Å². The molecule has 0 aromatic rings. The standard InChI is InChI=1S/C46H92O4/c1-3-5-7-9-11-13-15-17-19-20-21-22-23-24-25-26-27-29-31-33-35-37-39-41-46(48)50-45(43-47)44-49-42-40-38-36-34-32-30-28-18-16-14-12-10-8-6-4-2/h45,47H,3-44H2,1-2H3. The minimum absolute atomic E-state index is 0.163. The minimum atomic E-state index is -0.525. The van der Waals surface area contributed by atoms with Crippen LogP contribution in [0.4, 0.5) is 0 Å². The molecule has 0 radical (unpaired) electrons. The van der Waals surface area contributed by atoms with Gasteiger partial charge in [-0.15, -0.1) is 0 Å². The summed E-state index contributed by atoms with van der Waals surface area (Å²) in [6, 6.07) is 0. The Kier molecular flexibility index (Phi) is 44.0. The van der Waals surface area contributed by atoms with Gasteiger partial charge in [0.05, 0.1) is 13.2 Å². The summed E-state index contributed by atoms with van der Waals surface area (Å²) in [5, 5.41) is 9.61. The molecule has 4 heteroatoms. The Morgan fingerprint density at radius 1 is 0.400 bits per heavy atom. The molecule has 300 valence electrons. The average molecular weight is 709 g/mol. The van der Waals surface area contributed by atoms with E-state index >= 15 is 0 Å². The van der Waals surface area contributed by atoms with Crippen molar-refractivity contribution in [3.8, 4) is 0 Å². The molecule has 0 aliphatic heterocycles. The van der Waals surface area contributed by atoms with Crippen LogP contribution in [0.3, 0.4) is 0 Å². The van der Waals surface area contributed by atoms with Gasteiger partial charge in [0.2, 0.25) is 0 Å². The first-order chi connectivity index (χ1) is 24.7. The van der Waals surface area contributed by atoms with Crippen molar-refractivity contribution in [3.63, 3.8) is 0 Å². The summed E-state index contributed by atoms with van der Waals surface area (Å²) in [7, 11) is 0. The van der Waals surface area contributed by atoms with Gasteiger partial charge in [0.1, 0.15) is 6.10 Å². The van der Waals surface area contributed by atoms with Gasteiger partial charge in [-0.05, 0) is 12.8 Å². The van der Waals surface area contributed by atoms with Gasteiger partial charge in [-0.1, -0.05) is 245 Å². The molecule has 0 saturated carbocycles. The monoisotopic (exact) mass is 709 g/mol. The van der Waals surface area contributed by atoms with Crippen molar-refractivity contribution in [2.24, 2.45) is 0 Å². The quantitative estimate of drug-likeness (QED) is 0.0506. The molecular weight excluding hydrogens is 617 g/mol. The zero-order valence-electron chi connectivity index (χ0n) is 34.4. The van der Waals surface area contributed by atoms with E-state index < -0.39 is 6.10 Å². The summed E-state index contributed by atoms with van der Waals surface area (Å²) in [5.74, 6) is -0.192. The summed E-state index contributed by atoms with van der Waals surface area (Å²) < 4.78 is 11.2. The maximum absolute atomic E-state index is 12.2. The number of hydrogen-bond donors (Lipinski definition) is 1. The Bertz CT molecular complexity index is 623. The summed E-state index contributed by atoms with van der Waals surface area (Å²) in [4.78, 5) is 12.2. The summed E-state index contributed by atoms with van der Waals surface area (Å²) in [6.45, 7) is 5.41. The van der Waals surface area contributed by atoms with E-state index in [1.807, 2.05) is 0 Å². The Hall–Kier alpha value is -0.610. The van der Waals surface area contributed by atoms with Crippen LogP contribution in [0.5, 0.6) is 0 Å². The number of carbonyl (C=O) groups is 1. The van der Waals surface area contributed by atoms with Gasteiger partial charge in [0.15, 0.2) is 0 Å². The normalized spacial score (nSPS) is 12.1. The molecule has 0 aromatic carbocycles. The van der Waals surface area contributed by atoms with E-state index in [2.05, 4.69) is 13.8 Å². The van der Waals surface area contributed by atoms with Crippen molar-refractivity contribution < 1.29 is 19.4 Å². The highest BCUT2D eigenvalue weighted by Gasteiger charge is 2.13. The molecule has 1 unspecified atom stereocenters. The van der Waals surface area contributed by atoms with Crippen LogP contribution in [0.1, 0.15) is 264 Å². The zero-order chi connectivity index (χ0) is 36.3. The molecule has 0 fully saturated rings. The molecule has 0 heterocycles. The van der Waals surface area contributed by atoms with Crippen molar-refractivity contribution >= 4 is 5.97 Å². The summed E-state index contributed by atoms with van der Waals surface area (Å²) in [6.07, 6.45) is 51.8. The Balaban J connectivity index is 3.33. The molecule has 0 spiro atoms. The number of aliphatic hydroxyl groups is 1. The van der Waals surface area contributed by atoms with Crippen LogP contribution in [-0.4, -0.2) is 37.0 Å². The number of rotatable bonds is 44. The predicted molar refractivity (Wildman–Crippen MR) is 219 cm³/mol. The highest BCUT2D eigenvalue weighted by atomic mass is 16.6. The number of ether oxygens (including phenoxy) is 2.